The van der Waals surface area contributed by atoms with Crippen molar-refractivity contribution in [3.63, 3.8) is 0 Å². The summed E-state index contributed by atoms with van der Waals surface area (Å²) < 4.78 is 18.3. The van der Waals surface area contributed by atoms with Gasteiger partial charge in [-0.25, -0.2) is 9.79 Å². The highest BCUT2D eigenvalue weighted by Crippen LogP contribution is 2.33. The van der Waals surface area contributed by atoms with Gasteiger partial charge in [-0.15, -0.1) is 0 Å². The Hall–Kier alpha value is -4.48. The molecule has 0 spiro atoms. The van der Waals surface area contributed by atoms with Crippen LogP contribution in [0.2, 0.25) is 5.02 Å². The van der Waals surface area contributed by atoms with E-state index in [-0.39, 0.29) is 28.4 Å². The number of furan rings is 1. The van der Waals surface area contributed by atoms with Crippen LogP contribution in [0.5, 0.6) is 5.75 Å². The number of nitrogens with zero attached hydrogens (tertiary/aromatic N) is 3. The molecular weight excluding hydrogens is 558 g/mol. The van der Waals surface area contributed by atoms with E-state index in [1.54, 1.807) is 69.5 Å². The first-order valence-corrected chi connectivity index (χ1v) is 13.3. The summed E-state index contributed by atoms with van der Waals surface area (Å²) in [4.78, 5) is 42.4. The van der Waals surface area contributed by atoms with Gasteiger partial charge in [0.25, 0.3) is 11.2 Å². The van der Waals surface area contributed by atoms with Crippen molar-refractivity contribution in [1.82, 2.24) is 4.57 Å². The summed E-state index contributed by atoms with van der Waals surface area (Å²) in [7, 11) is 1.56. The van der Waals surface area contributed by atoms with Gasteiger partial charge in [0.2, 0.25) is 0 Å². The third kappa shape index (κ3) is 4.96. The quantitative estimate of drug-likeness (QED) is 0.177. The SMILES string of the molecule is CCOC(=O)C1=C(C)N=c2s/c(=C/c3ccc(-c4ccc(Cl)c([N+](=O)[O-])c4)o3)c(=O)n2[C@@H]1c1ccc(OC)cc1. The van der Waals surface area contributed by atoms with Crippen molar-refractivity contribution in [1.29, 1.82) is 0 Å². The monoisotopic (exact) mass is 579 g/mol. The molecule has 2 aromatic carbocycles. The molecule has 3 heterocycles. The minimum absolute atomic E-state index is 0.0190. The van der Waals surface area contributed by atoms with E-state index < -0.39 is 16.9 Å². The van der Waals surface area contributed by atoms with Crippen LogP contribution in [0.4, 0.5) is 5.69 Å². The van der Waals surface area contributed by atoms with E-state index in [1.807, 2.05) is 0 Å². The van der Waals surface area contributed by atoms with Crippen molar-refractivity contribution in [2.24, 2.45) is 4.99 Å². The first-order valence-electron chi connectivity index (χ1n) is 12.1. The van der Waals surface area contributed by atoms with Gasteiger partial charge in [0, 0.05) is 17.7 Å². The number of aromatic nitrogens is 1. The third-order valence-corrected chi connectivity index (χ3v) is 7.58. The Bertz CT molecular complexity index is 1850. The van der Waals surface area contributed by atoms with Gasteiger partial charge in [0.05, 0.1) is 40.5 Å². The second-order valence-electron chi connectivity index (χ2n) is 8.70. The maximum atomic E-state index is 13.7. The van der Waals surface area contributed by atoms with Crippen molar-refractivity contribution in [3.8, 4) is 17.1 Å². The van der Waals surface area contributed by atoms with Crippen LogP contribution >= 0.6 is 22.9 Å². The second-order valence-corrected chi connectivity index (χ2v) is 10.1. The van der Waals surface area contributed by atoms with E-state index in [1.165, 1.54) is 16.7 Å². The number of ether oxygens (including phenoxy) is 2. The van der Waals surface area contributed by atoms with Gasteiger partial charge in [0.1, 0.15) is 22.3 Å². The molecule has 0 radical (unpaired) electrons. The van der Waals surface area contributed by atoms with Crippen LogP contribution in [0.15, 0.2) is 80.1 Å². The van der Waals surface area contributed by atoms with Crippen LogP contribution in [0, 0.1) is 10.1 Å². The van der Waals surface area contributed by atoms with Gasteiger partial charge >= 0.3 is 5.97 Å². The first kappa shape index (κ1) is 27.1. The number of fused-ring (bicyclic) bond motifs is 1. The number of hydrogen-bond acceptors (Lipinski definition) is 9. The molecule has 1 atom stereocenters. The molecule has 0 saturated carbocycles. The van der Waals surface area contributed by atoms with Gasteiger partial charge in [0.15, 0.2) is 4.80 Å². The summed E-state index contributed by atoms with van der Waals surface area (Å²) in [5, 5.41) is 11.3. The fourth-order valence-corrected chi connectivity index (χ4v) is 5.63. The van der Waals surface area contributed by atoms with Crippen LogP contribution in [0.3, 0.4) is 0 Å². The number of carbonyl (C=O) groups is 1. The highest BCUT2D eigenvalue weighted by molar-refractivity contribution is 7.07. The number of thiazole rings is 1. The lowest BCUT2D eigenvalue weighted by Crippen LogP contribution is -2.39. The molecule has 1 aliphatic heterocycles. The number of esters is 1. The third-order valence-electron chi connectivity index (χ3n) is 6.28. The Morgan fingerprint density at radius 2 is 1.98 bits per heavy atom. The zero-order chi connectivity index (χ0) is 28.6. The predicted octanol–water partition coefficient (Wildman–Crippen LogP) is 4.63. The van der Waals surface area contributed by atoms with Crippen molar-refractivity contribution in [2.75, 3.05) is 13.7 Å². The molecule has 12 heteroatoms. The lowest BCUT2D eigenvalue weighted by Gasteiger charge is -2.24. The number of benzene rings is 2. The minimum Gasteiger partial charge on any atom is -0.497 e. The molecular formula is C28H22ClN3O7S. The molecule has 0 amide bonds. The first-order chi connectivity index (χ1) is 19.2. The fourth-order valence-electron chi connectivity index (χ4n) is 4.41. The maximum Gasteiger partial charge on any atom is 0.338 e. The predicted molar refractivity (Wildman–Crippen MR) is 149 cm³/mol. The standard InChI is InChI=1S/C28H22ClN3O7S/c1-4-38-27(34)24-15(2)30-28-31(25(24)16-5-8-18(37-3)9-6-16)26(33)23(40-28)14-19-10-12-22(39-19)17-7-11-20(29)21(13-17)32(35)36/h5-14,25H,4H2,1-3H3/b23-14+/t25-/m1/s1. The summed E-state index contributed by atoms with van der Waals surface area (Å²) in [5.41, 5.74) is 1.28. The van der Waals surface area contributed by atoms with Crippen LogP contribution in [-0.4, -0.2) is 29.2 Å². The van der Waals surface area contributed by atoms with Gasteiger partial charge in [-0.05, 0) is 55.8 Å². The van der Waals surface area contributed by atoms with Crippen molar-refractivity contribution in [2.45, 2.75) is 19.9 Å². The molecule has 0 saturated heterocycles. The molecule has 40 heavy (non-hydrogen) atoms. The number of methoxy groups -OCH3 is 1. The average molecular weight is 580 g/mol. The maximum absolute atomic E-state index is 13.7. The van der Waals surface area contributed by atoms with E-state index in [9.17, 15) is 19.7 Å². The molecule has 0 aliphatic carbocycles. The Morgan fingerprint density at radius 3 is 2.65 bits per heavy atom. The summed E-state index contributed by atoms with van der Waals surface area (Å²) in [5.74, 6) is 0.816. The van der Waals surface area contributed by atoms with Crippen LogP contribution in [0.25, 0.3) is 17.4 Å². The molecule has 204 valence electrons. The fraction of sp³-hybridized carbons (Fsp3) is 0.179. The summed E-state index contributed by atoms with van der Waals surface area (Å²) in [6, 6.07) is 14.0. The van der Waals surface area contributed by atoms with E-state index in [4.69, 9.17) is 25.5 Å². The summed E-state index contributed by atoms with van der Waals surface area (Å²) in [6.45, 7) is 3.60. The van der Waals surface area contributed by atoms with Gasteiger partial charge in [-0.3, -0.25) is 19.5 Å². The van der Waals surface area contributed by atoms with E-state index in [0.717, 1.165) is 11.3 Å². The molecule has 0 N–H and O–H groups in total. The second kappa shape index (κ2) is 10.9. The van der Waals surface area contributed by atoms with Gasteiger partial charge in [-0.1, -0.05) is 35.1 Å². The number of allylic oxidation sites excluding steroid dienone is 1. The smallest absolute Gasteiger partial charge is 0.338 e. The highest BCUT2D eigenvalue weighted by atomic mass is 35.5. The molecule has 4 aromatic rings. The van der Waals surface area contributed by atoms with Crippen molar-refractivity contribution < 1.29 is 23.6 Å². The Kier molecular flexibility index (Phi) is 7.42. The summed E-state index contributed by atoms with van der Waals surface area (Å²) >= 11 is 7.08. The largest absolute Gasteiger partial charge is 0.497 e. The van der Waals surface area contributed by atoms with Crippen molar-refractivity contribution >= 4 is 40.7 Å². The van der Waals surface area contributed by atoms with Crippen LogP contribution < -0.4 is 19.6 Å². The average Bonchev–Trinajstić information content (AvgIpc) is 3.52. The zero-order valence-corrected chi connectivity index (χ0v) is 23.1. The molecule has 1 aliphatic rings. The van der Waals surface area contributed by atoms with Gasteiger partial charge < -0.3 is 13.9 Å². The molecule has 2 aromatic heterocycles. The minimum atomic E-state index is -0.759. The normalized spacial score (nSPS) is 15.0. The molecule has 0 unspecified atom stereocenters. The van der Waals surface area contributed by atoms with Crippen LogP contribution in [-0.2, 0) is 9.53 Å². The number of rotatable bonds is 7. The van der Waals surface area contributed by atoms with Crippen LogP contribution in [0.1, 0.15) is 31.2 Å². The number of hydrogen-bond donors (Lipinski definition) is 0. The molecule has 5 rings (SSSR count). The number of carbonyl (C=O) groups excluding carboxylic acids is 1. The molecule has 0 fully saturated rings. The topological polar surface area (TPSA) is 126 Å². The van der Waals surface area contributed by atoms with Crippen molar-refractivity contribution in [3.05, 3.63) is 112 Å². The zero-order valence-electron chi connectivity index (χ0n) is 21.5. The van der Waals surface area contributed by atoms with E-state index >= 15 is 0 Å². The number of halogens is 1. The number of nitro groups is 1. The highest BCUT2D eigenvalue weighted by Gasteiger charge is 2.33. The Morgan fingerprint density at radius 1 is 1.23 bits per heavy atom. The van der Waals surface area contributed by atoms with E-state index in [0.29, 0.717) is 43.4 Å². The lowest BCUT2D eigenvalue weighted by molar-refractivity contribution is -0.384. The Balaban J connectivity index is 1.61. The molecule has 0 bridgehead atoms. The Labute approximate surface area is 236 Å². The van der Waals surface area contributed by atoms with Gasteiger partial charge in [-0.2, -0.15) is 0 Å². The van der Waals surface area contributed by atoms with E-state index in [2.05, 4.69) is 4.99 Å². The lowest BCUT2D eigenvalue weighted by atomic mass is 9.96. The summed E-state index contributed by atoms with van der Waals surface area (Å²) in [6.07, 6.45) is 1.58. The number of nitro benzene ring substituents is 1. The molecule has 10 nitrogen and oxygen atoms in total.